The molecular formula is C18H24N2O3S. The first kappa shape index (κ1) is 18.4. The van der Waals surface area contributed by atoms with Crippen LogP contribution in [0.25, 0.3) is 0 Å². The van der Waals surface area contributed by atoms with E-state index in [4.69, 9.17) is 17.0 Å². The van der Waals surface area contributed by atoms with Crippen LogP contribution in [0.1, 0.15) is 55.8 Å². The summed E-state index contributed by atoms with van der Waals surface area (Å²) in [7, 11) is 0. The molecule has 1 aliphatic rings. The summed E-state index contributed by atoms with van der Waals surface area (Å²) in [5, 5.41) is 5.94. The van der Waals surface area contributed by atoms with Gasteiger partial charge in [-0.05, 0) is 61.7 Å². The van der Waals surface area contributed by atoms with E-state index in [2.05, 4.69) is 10.6 Å². The van der Waals surface area contributed by atoms with Crippen LogP contribution in [0.3, 0.4) is 0 Å². The van der Waals surface area contributed by atoms with Crippen LogP contribution in [-0.4, -0.2) is 23.6 Å². The highest BCUT2D eigenvalue weighted by Crippen LogP contribution is 2.27. The Kier molecular flexibility index (Phi) is 7.18. The number of hydrogen-bond acceptors (Lipinski definition) is 4. The first-order valence-corrected chi connectivity index (χ1v) is 8.87. The average Bonchev–Trinajstić information content (AvgIpc) is 3.05. The van der Waals surface area contributed by atoms with E-state index in [0.717, 1.165) is 19.3 Å². The number of esters is 1. The number of thiocarbonyl (C=S) groups is 1. The fraction of sp³-hybridized carbons (Fsp3) is 0.500. The van der Waals surface area contributed by atoms with E-state index in [1.165, 1.54) is 12.8 Å². The van der Waals surface area contributed by atoms with Crippen LogP contribution in [0.15, 0.2) is 24.3 Å². The van der Waals surface area contributed by atoms with Gasteiger partial charge in [-0.15, -0.1) is 0 Å². The summed E-state index contributed by atoms with van der Waals surface area (Å²) in [6.45, 7) is 2.36. The van der Waals surface area contributed by atoms with Gasteiger partial charge in [0.15, 0.2) is 5.11 Å². The monoisotopic (exact) mass is 348 g/mol. The van der Waals surface area contributed by atoms with Crippen LogP contribution in [0, 0.1) is 5.92 Å². The molecule has 0 aromatic heterocycles. The number of ether oxygens (including phenoxy) is 1. The minimum atomic E-state index is -0.337. The zero-order valence-electron chi connectivity index (χ0n) is 14.0. The molecular weight excluding hydrogens is 324 g/mol. The van der Waals surface area contributed by atoms with Crippen LogP contribution in [0.2, 0.25) is 0 Å². The highest BCUT2D eigenvalue weighted by atomic mass is 32.1. The van der Waals surface area contributed by atoms with Crippen molar-refractivity contribution in [1.82, 2.24) is 5.32 Å². The second kappa shape index (κ2) is 9.37. The molecule has 1 fully saturated rings. The first-order valence-electron chi connectivity index (χ1n) is 8.46. The topological polar surface area (TPSA) is 67.4 Å². The van der Waals surface area contributed by atoms with Crippen molar-refractivity contribution in [3.05, 3.63) is 29.8 Å². The van der Waals surface area contributed by atoms with Gasteiger partial charge in [-0.3, -0.25) is 4.79 Å². The molecule has 0 radical (unpaired) electrons. The van der Waals surface area contributed by atoms with Gasteiger partial charge in [0.05, 0.1) is 12.2 Å². The Morgan fingerprint density at radius 1 is 1.21 bits per heavy atom. The van der Waals surface area contributed by atoms with Crippen LogP contribution in [0.4, 0.5) is 5.69 Å². The Hall–Kier alpha value is -1.95. The molecule has 24 heavy (non-hydrogen) atoms. The Labute approximate surface area is 148 Å². The molecule has 1 amide bonds. The molecule has 0 unspecified atom stereocenters. The fourth-order valence-electron chi connectivity index (χ4n) is 2.78. The standard InChI is InChI=1S/C18H24N2O3S/c1-2-11-23-17(22)14-7-9-15(10-8-14)19-18(24)20-16(21)12-13-5-3-4-6-13/h7-10,13H,2-6,11-12H2,1H3,(H2,19,20,21,24). The number of nitrogens with one attached hydrogen (secondary N) is 2. The number of hydrogen-bond donors (Lipinski definition) is 2. The van der Waals surface area contributed by atoms with Crippen molar-refractivity contribution in [2.45, 2.75) is 45.4 Å². The number of rotatable bonds is 6. The Bertz CT molecular complexity index is 580. The quantitative estimate of drug-likeness (QED) is 0.607. The summed E-state index contributed by atoms with van der Waals surface area (Å²) < 4.78 is 5.07. The zero-order valence-corrected chi connectivity index (χ0v) is 14.8. The molecule has 1 aromatic carbocycles. The summed E-state index contributed by atoms with van der Waals surface area (Å²) in [5.41, 5.74) is 1.21. The molecule has 0 aliphatic heterocycles. The summed E-state index contributed by atoms with van der Waals surface area (Å²) in [6.07, 6.45) is 6.01. The Balaban J connectivity index is 1.78. The van der Waals surface area contributed by atoms with E-state index in [1.807, 2.05) is 6.92 Å². The molecule has 1 aliphatic carbocycles. The third-order valence-corrected chi connectivity index (χ3v) is 4.22. The van der Waals surface area contributed by atoms with Crippen LogP contribution < -0.4 is 10.6 Å². The maximum absolute atomic E-state index is 11.9. The number of carbonyl (C=O) groups is 2. The van der Waals surface area contributed by atoms with E-state index in [9.17, 15) is 9.59 Å². The van der Waals surface area contributed by atoms with Crippen LogP contribution in [0.5, 0.6) is 0 Å². The third-order valence-electron chi connectivity index (χ3n) is 4.02. The number of amides is 1. The lowest BCUT2D eigenvalue weighted by Crippen LogP contribution is -2.34. The van der Waals surface area contributed by atoms with Gasteiger partial charge in [-0.1, -0.05) is 19.8 Å². The number of carbonyl (C=O) groups excluding carboxylic acids is 2. The fourth-order valence-corrected chi connectivity index (χ4v) is 3.02. The lowest BCUT2D eigenvalue weighted by molar-refractivity contribution is -0.120. The van der Waals surface area contributed by atoms with Gasteiger partial charge in [-0.2, -0.15) is 0 Å². The van der Waals surface area contributed by atoms with Gasteiger partial charge < -0.3 is 15.4 Å². The minimum absolute atomic E-state index is 0.0424. The first-order chi connectivity index (χ1) is 11.6. The smallest absolute Gasteiger partial charge is 0.338 e. The van der Waals surface area contributed by atoms with Crippen molar-refractivity contribution in [3.63, 3.8) is 0 Å². The second-order valence-corrected chi connectivity index (χ2v) is 6.48. The zero-order chi connectivity index (χ0) is 17.4. The predicted molar refractivity (Wildman–Crippen MR) is 98.0 cm³/mol. The minimum Gasteiger partial charge on any atom is -0.462 e. The highest BCUT2D eigenvalue weighted by Gasteiger charge is 2.18. The molecule has 0 heterocycles. The van der Waals surface area contributed by atoms with Crippen LogP contribution >= 0.6 is 12.2 Å². The van der Waals surface area contributed by atoms with Crippen molar-refractivity contribution in [3.8, 4) is 0 Å². The van der Waals surface area contributed by atoms with Gasteiger partial charge in [-0.25, -0.2) is 4.79 Å². The number of benzene rings is 1. The molecule has 2 N–H and O–H groups in total. The van der Waals surface area contributed by atoms with E-state index in [-0.39, 0.29) is 17.0 Å². The molecule has 5 nitrogen and oxygen atoms in total. The average molecular weight is 348 g/mol. The number of anilines is 1. The van der Waals surface area contributed by atoms with Crippen molar-refractivity contribution >= 4 is 34.9 Å². The Morgan fingerprint density at radius 3 is 2.50 bits per heavy atom. The Morgan fingerprint density at radius 2 is 1.88 bits per heavy atom. The van der Waals surface area contributed by atoms with Crippen molar-refractivity contribution in [2.75, 3.05) is 11.9 Å². The SMILES string of the molecule is CCCOC(=O)c1ccc(NC(=S)NC(=O)CC2CCCC2)cc1. The maximum atomic E-state index is 11.9. The van der Waals surface area contributed by atoms with E-state index in [0.29, 0.717) is 30.2 Å². The summed E-state index contributed by atoms with van der Waals surface area (Å²) in [5.74, 6) is 0.108. The molecule has 0 bridgehead atoms. The molecule has 0 saturated heterocycles. The molecule has 2 rings (SSSR count). The van der Waals surface area contributed by atoms with Gasteiger partial charge in [0.25, 0.3) is 0 Å². The van der Waals surface area contributed by atoms with Crippen LogP contribution in [-0.2, 0) is 9.53 Å². The molecule has 1 aromatic rings. The molecule has 130 valence electrons. The summed E-state index contributed by atoms with van der Waals surface area (Å²) >= 11 is 5.16. The maximum Gasteiger partial charge on any atom is 0.338 e. The molecule has 0 spiro atoms. The van der Waals surface area contributed by atoms with Crippen molar-refractivity contribution in [2.24, 2.45) is 5.92 Å². The highest BCUT2D eigenvalue weighted by molar-refractivity contribution is 7.80. The third kappa shape index (κ3) is 5.92. The summed E-state index contributed by atoms with van der Waals surface area (Å²) in [6, 6.07) is 6.81. The second-order valence-electron chi connectivity index (χ2n) is 6.07. The lowest BCUT2D eigenvalue weighted by Gasteiger charge is -2.12. The van der Waals surface area contributed by atoms with Gasteiger partial charge in [0.2, 0.25) is 5.91 Å². The van der Waals surface area contributed by atoms with E-state index >= 15 is 0 Å². The molecule has 6 heteroatoms. The molecule has 1 saturated carbocycles. The van der Waals surface area contributed by atoms with Gasteiger partial charge in [0, 0.05) is 12.1 Å². The van der Waals surface area contributed by atoms with E-state index < -0.39 is 0 Å². The lowest BCUT2D eigenvalue weighted by atomic mass is 10.0. The van der Waals surface area contributed by atoms with Gasteiger partial charge in [0.1, 0.15) is 0 Å². The largest absolute Gasteiger partial charge is 0.462 e. The predicted octanol–water partition coefficient (Wildman–Crippen LogP) is 3.65. The van der Waals surface area contributed by atoms with Crippen molar-refractivity contribution < 1.29 is 14.3 Å². The van der Waals surface area contributed by atoms with Crippen molar-refractivity contribution in [1.29, 1.82) is 0 Å². The normalized spacial score (nSPS) is 14.2. The molecule has 0 atom stereocenters. The van der Waals surface area contributed by atoms with Gasteiger partial charge >= 0.3 is 5.97 Å². The van der Waals surface area contributed by atoms with E-state index in [1.54, 1.807) is 24.3 Å². The summed E-state index contributed by atoms with van der Waals surface area (Å²) in [4.78, 5) is 23.7.